The lowest BCUT2D eigenvalue weighted by Gasteiger charge is -2.20. The number of rotatable bonds is 2. The summed E-state index contributed by atoms with van der Waals surface area (Å²) in [7, 11) is -3.54. The maximum Gasteiger partial charge on any atom is 0.416 e. The first kappa shape index (κ1) is 15.1. The molecule has 2 N–H and O–H groups in total. The zero-order valence-electron chi connectivity index (χ0n) is 10.8. The van der Waals surface area contributed by atoms with Crippen LogP contribution in [0.25, 0.3) is 0 Å². The molecule has 0 aliphatic carbocycles. The second kappa shape index (κ2) is 4.92. The van der Waals surface area contributed by atoms with E-state index >= 15 is 0 Å². The van der Waals surface area contributed by atoms with Crippen molar-refractivity contribution in [1.29, 1.82) is 0 Å². The molecule has 4 nitrogen and oxygen atoms in total. The number of nitrogens with zero attached hydrogens (tertiary/aromatic N) is 1. The minimum absolute atomic E-state index is 0.0406. The zero-order valence-corrected chi connectivity index (χ0v) is 11.6. The molecule has 1 fully saturated rings. The molecule has 1 atom stereocenters. The van der Waals surface area contributed by atoms with E-state index in [1.807, 2.05) is 0 Å². The first-order valence-corrected chi connectivity index (χ1v) is 7.66. The van der Waals surface area contributed by atoms with Gasteiger partial charge in [0.05, 0.1) is 17.0 Å². The van der Waals surface area contributed by atoms with Gasteiger partial charge in [0.25, 0.3) is 0 Å². The second-order valence-electron chi connectivity index (χ2n) is 4.96. The molecule has 0 saturated carbocycles. The van der Waals surface area contributed by atoms with E-state index in [1.165, 1.54) is 12.1 Å². The van der Waals surface area contributed by atoms with E-state index < -0.39 is 21.8 Å². The van der Waals surface area contributed by atoms with E-state index in [1.54, 1.807) is 6.92 Å². The SMILES string of the molecule is CC1CN(c2ccc(CN)c(C(F)(F)F)c2)S(=O)(=O)C1. The average molecular weight is 308 g/mol. The first-order chi connectivity index (χ1) is 9.15. The Morgan fingerprint density at radius 1 is 1.40 bits per heavy atom. The molecule has 112 valence electrons. The van der Waals surface area contributed by atoms with Gasteiger partial charge < -0.3 is 5.73 Å². The first-order valence-electron chi connectivity index (χ1n) is 6.06. The summed E-state index contributed by atoms with van der Waals surface area (Å²) in [5.74, 6) is -0.156. The largest absolute Gasteiger partial charge is 0.416 e. The van der Waals surface area contributed by atoms with Crippen molar-refractivity contribution >= 4 is 15.7 Å². The van der Waals surface area contributed by atoms with Crippen molar-refractivity contribution in [3.05, 3.63) is 29.3 Å². The van der Waals surface area contributed by atoms with Crippen LogP contribution in [0, 0.1) is 5.92 Å². The number of benzene rings is 1. The zero-order chi connectivity index (χ0) is 15.1. The van der Waals surface area contributed by atoms with Crippen LogP contribution < -0.4 is 10.0 Å². The van der Waals surface area contributed by atoms with Crippen LogP contribution in [0.4, 0.5) is 18.9 Å². The normalized spacial score (nSPS) is 22.2. The Morgan fingerprint density at radius 3 is 2.50 bits per heavy atom. The number of hydrogen-bond acceptors (Lipinski definition) is 3. The van der Waals surface area contributed by atoms with E-state index in [9.17, 15) is 21.6 Å². The summed E-state index contributed by atoms with van der Waals surface area (Å²) in [5, 5.41) is 0. The van der Waals surface area contributed by atoms with Crippen molar-refractivity contribution in [3.8, 4) is 0 Å². The Labute approximate surface area is 115 Å². The van der Waals surface area contributed by atoms with Crippen LogP contribution >= 0.6 is 0 Å². The van der Waals surface area contributed by atoms with Crippen LogP contribution in [0.3, 0.4) is 0 Å². The minimum Gasteiger partial charge on any atom is -0.326 e. The molecule has 1 aromatic carbocycles. The fourth-order valence-electron chi connectivity index (χ4n) is 2.33. The smallest absolute Gasteiger partial charge is 0.326 e. The summed E-state index contributed by atoms with van der Waals surface area (Å²) in [6.07, 6.45) is -4.56. The monoisotopic (exact) mass is 308 g/mol. The van der Waals surface area contributed by atoms with Gasteiger partial charge in [-0.2, -0.15) is 13.2 Å². The minimum atomic E-state index is -4.56. The third-order valence-electron chi connectivity index (χ3n) is 3.22. The number of hydrogen-bond donors (Lipinski definition) is 1. The van der Waals surface area contributed by atoms with E-state index in [2.05, 4.69) is 0 Å². The lowest BCUT2D eigenvalue weighted by molar-refractivity contribution is -0.138. The number of nitrogens with two attached hydrogens (primary N) is 1. The van der Waals surface area contributed by atoms with Crippen molar-refractivity contribution in [3.63, 3.8) is 0 Å². The van der Waals surface area contributed by atoms with Gasteiger partial charge in [0.1, 0.15) is 0 Å². The van der Waals surface area contributed by atoms with Crippen LogP contribution in [0.5, 0.6) is 0 Å². The van der Waals surface area contributed by atoms with Gasteiger partial charge in [0.15, 0.2) is 0 Å². The maximum atomic E-state index is 12.9. The molecule has 1 unspecified atom stereocenters. The molecule has 1 saturated heterocycles. The average Bonchev–Trinajstić information content (AvgIpc) is 2.60. The lowest BCUT2D eigenvalue weighted by atomic mass is 10.1. The summed E-state index contributed by atoms with van der Waals surface area (Å²) in [5.41, 5.74) is 4.40. The highest BCUT2D eigenvalue weighted by molar-refractivity contribution is 7.93. The Hall–Kier alpha value is -1.28. The number of sulfonamides is 1. The summed E-state index contributed by atoms with van der Waals surface area (Å²) in [6, 6.07) is 3.46. The molecule has 8 heteroatoms. The number of halogens is 3. The summed E-state index contributed by atoms with van der Waals surface area (Å²) < 4.78 is 63.7. The standard InChI is InChI=1S/C12H15F3N2O2S/c1-8-6-17(20(18,19)7-8)10-3-2-9(5-16)11(4-10)12(13,14)15/h2-4,8H,5-7,16H2,1H3. The van der Waals surface area contributed by atoms with Crippen LogP contribution in [-0.4, -0.2) is 20.7 Å². The molecule has 1 aliphatic rings. The predicted octanol–water partition coefficient (Wildman–Crippen LogP) is 1.95. The molecule has 0 spiro atoms. The van der Waals surface area contributed by atoms with Gasteiger partial charge in [-0.15, -0.1) is 0 Å². The molecular formula is C12H15F3N2O2S. The van der Waals surface area contributed by atoms with Crippen LogP contribution in [0.15, 0.2) is 18.2 Å². The molecule has 0 radical (unpaired) electrons. The van der Waals surface area contributed by atoms with Crippen LogP contribution in [0.2, 0.25) is 0 Å². The highest BCUT2D eigenvalue weighted by Gasteiger charge is 2.37. The molecule has 0 aromatic heterocycles. The van der Waals surface area contributed by atoms with E-state index in [0.717, 1.165) is 10.4 Å². The Morgan fingerprint density at radius 2 is 2.05 bits per heavy atom. The fraction of sp³-hybridized carbons (Fsp3) is 0.500. The van der Waals surface area contributed by atoms with Gasteiger partial charge in [0.2, 0.25) is 10.0 Å². The third-order valence-corrected chi connectivity index (χ3v) is 5.24. The van der Waals surface area contributed by atoms with Gasteiger partial charge >= 0.3 is 6.18 Å². The summed E-state index contributed by atoms with van der Waals surface area (Å²) in [6.45, 7) is 1.69. The van der Waals surface area contributed by atoms with E-state index in [0.29, 0.717) is 0 Å². The Kier molecular flexibility index (Phi) is 3.72. The van der Waals surface area contributed by atoms with E-state index in [-0.39, 0.29) is 36.0 Å². The van der Waals surface area contributed by atoms with Gasteiger partial charge in [-0.3, -0.25) is 4.31 Å². The third kappa shape index (κ3) is 2.76. The molecule has 20 heavy (non-hydrogen) atoms. The highest BCUT2D eigenvalue weighted by atomic mass is 32.2. The van der Waals surface area contributed by atoms with Crippen molar-refractivity contribution < 1.29 is 21.6 Å². The second-order valence-corrected chi connectivity index (χ2v) is 6.90. The molecule has 1 aliphatic heterocycles. The number of alkyl halides is 3. The van der Waals surface area contributed by atoms with Crippen LogP contribution in [0.1, 0.15) is 18.1 Å². The Bertz CT molecular complexity index is 614. The van der Waals surface area contributed by atoms with Crippen molar-refractivity contribution in [2.24, 2.45) is 11.7 Å². The van der Waals surface area contributed by atoms with Gasteiger partial charge in [-0.25, -0.2) is 8.42 Å². The molecule has 1 aromatic rings. The Balaban J connectivity index is 2.50. The summed E-state index contributed by atoms with van der Waals surface area (Å²) in [4.78, 5) is 0. The van der Waals surface area contributed by atoms with Crippen molar-refractivity contribution in [2.75, 3.05) is 16.6 Å². The van der Waals surface area contributed by atoms with Crippen LogP contribution in [-0.2, 0) is 22.7 Å². The maximum absolute atomic E-state index is 12.9. The quantitative estimate of drug-likeness (QED) is 0.908. The molecule has 1 heterocycles. The van der Waals surface area contributed by atoms with Crippen molar-refractivity contribution in [1.82, 2.24) is 0 Å². The highest BCUT2D eigenvalue weighted by Crippen LogP contribution is 2.36. The topological polar surface area (TPSA) is 63.4 Å². The van der Waals surface area contributed by atoms with Crippen molar-refractivity contribution in [2.45, 2.75) is 19.6 Å². The van der Waals surface area contributed by atoms with Gasteiger partial charge in [-0.1, -0.05) is 13.0 Å². The lowest BCUT2D eigenvalue weighted by Crippen LogP contribution is -2.26. The predicted molar refractivity (Wildman–Crippen MR) is 69.6 cm³/mol. The van der Waals surface area contributed by atoms with Gasteiger partial charge in [0, 0.05) is 13.1 Å². The van der Waals surface area contributed by atoms with E-state index in [4.69, 9.17) is 5.73 Å². The summed E-state index contributed by atoms with van der Waals surface area (Å²) >= 11 is 0. The molecule has 0 bridgehead atoms. The van der Waals surface area contributed by atoms with Gasteiger partial charge in [-0.05, 0) is 23.6 Å². The molecular weight excluding hydrogens is 293 g/mol. The fourth-order valence-corrected chi connectivity index (χ4v) is 4.25. The molecule has 0 amide bonds. The molecule has 2 rings (SSSR count). The number of anilines is 1.